The molecule has 12 nitrogen and oxygen atoms in total. The van der Waals surface area contributed by atoms with Gasteiger partial charge in [0.25, 0.3) is 0 Å². The van der Waals surface area contributed by atoms with Crippen LogP contribution in [0.4, 0.5) is 0 Å². The molecular formula is C102H60N10O2. The van der Waals surface area contributed by atoms with E-state index in [2.05, 4.69) is 255 Å². The highest BCUT2D eigenvalue weighted by molar-refractivity contribution is 6.19. The maximum atomic E-state index is 6.63. The van der Waals surface area contributed by atoms with Gasteiger partial charge in [-0.05, 0) is 162 Å². The minimum absolute atomic E-state index is 0.481. The Morgan fingerprint density at radius 1 is 0.175 bits per heavy atom. The second-order valence-corrected chi connectivity index (χ2v) is 28.6. The van der Waals surface area contributed by atoms with E-state index in [9.17, 15) is 0 Å². The van der Waals surface area contributed by atoms with Crippen LogP contribution in [-0.4, -0.2) is 49.8 Å². The molecule has 114 heavy (non-hydrogen) atoms. The smallest absolute Gasteiger partial charge is 0.246 e. The quantitative estimate of drug-likeness (QED) is 0.101. The number of hydrogen-bond acceptors (Lipinski definition) is 12. The fourth-order valence-corrected chi connectivity index (χ4v) is 15.8. The summed E-state index contributed by atoms with van der Waals surface area (Å²) in [5, 5.41) is 5.12. The van der Waals surface area contributed by atoms with Gasteiger partial charge in [0.15, 0.2) is 40.5 Å². The molecule has 6 aromatic heterocycles. The van der Waals surface area contributed by atoms with Gasteiger partial charge in [0.2, 0.25) is 5.71 Å². The Labute approximate surface area is 652 Å². The SMILES string of the molecule is c1ccc(-c2ccc(-c3nc(-c4ccccc4)nc(-c4cccc(-c5cccc(-c6ccc7c(ccc8oc9nc%10c(-c%11cccc(-c%12ccc(-c%13nc(-c%14ccccc%14)nc(-c%14cccc(-c%15cccc(-c%16ccc%17nc%18ccc%19c%20ccccc%20oc%19c%18nc%17c%16)c%15)c%14)n%13)cc%12)c%11)cccc%10nc9c87)c6)c5)c4)n3)cc2)cc1. The highest BCUT2D eigenvalue weighted by Crippen LogP contribution is 2.42. The zero-order chi connectivity index (χ0) is 75.2. The molecule has 22 rings (SSSR count). The molecule has 22 aromatic rings. The van der Waals surface area contributed by atoms with E-state index in [-0.39, 0.29) is 0 Å². The van der Waals surface area contributed by atoms with Gasteiger partial charge in [-0.25, -0.2) is 49.8 Å². The number of aromatic nitrogens is 10. The maximum absolute atomic E-state index is 6.63. The molecule has 530 valence electrons. The summed E-state index contributed by atoms with van der Waals surface area (Å²) < 4.78 is 13.0. The maximum Gasteiger partial charge on any atom is 0.246 e. The molecule has 0 atom stereocenters. The first kappa shape index (κ1) is 65.4. The summed E-state index contributed by atoms with van der Waals surface area (Å²) in [6.45, 7) is 0. The third-order valence-corrected chi connectivity index (χ3v) is 21.6. The number of furan rings is 2. The van der Waals surface area contributed by atoms with Crippen LogP contribution in [0.25, 0.3) is 234 Å². The normalized spacial score (nSPS) is 11.7. The second-order valence-electron chi connectivity index (χ2n) is 28.6. The van der Waals surface area contributed by atoms with Gasteiger partial charge in [-0.2, -0.15) is 0 Å². The molecule has 0 radical (unpaired) electrons. The van der Waals surface area contributed by atoms with Crippen LogP contribution in [0.1, 0.15) is 0 Å². The Hall–Kier alpha value is -15.7. The number of rotatable bonds is 13. The van der Waals surface area contributed by atoms with Crippen LogP contribution in [0.5, 0.6) is 0 Å². The lowest BCUT2D eigenvalue weighted by Crippen LogP contribution is -2.00. The largest absolute Gasteiger partial charge is 0.454 e. The Bertz CT molecular complexity index is 7600. The fraction of sp³-hybridized carbons (Fsp3) is 0. The highest BCUT2D eigenvalue weighted by Gasteiger charge is 2.22. The minimum atomic E-state index is 0.481. The second kappa shape index (κ2) is 27.2. The van der Waals surface area contributed by atoms with E-state index in [1.165, 1.54) is 0 Å². The van der Waals surface area contributed by atoms with Crippen molar-refractivity contribution in [2.24, 2.45) is 0 Å². The van der Waals surface area contributed by atoms with E-state index in [4.69, 9.17) is 58.7 Å². The Kier molecular flexibility index (Phi) is 15.6. The summed E-state index contributed by atoms with van der Waals surface area (Å²) in [4.78, 5) is 51.5. The fourth-order valence-electron chi connectivity index (χ4n) is 15.8. The monoisotopic (exact) mass is 1460 g/mol. The lowest BCUT2D eigenvalue weighted by atomic mass is 9.95. The topological polar surface area (TPSA) is 155 Å². The van der Waals surface area contributed by atoms with Crippen molar-refractivity contribution >= 4 is 88.0 Å². The van der Waals surface area contributed by atoms with Crippen molar-refractivity contribution in [3.05, 3.63) is 364 Å². The van der Waals surface area contributed by atoms with Gasteiger partial charge in [0.05, 0.1) is 27.5 Å². The van der Waals surface area contributed by atoms with E-state index < -0.39 is 0 Å². The standard InChI is InChI=1S/C102H60N10O2/c1-4-18-61(19-5-1)62-38-42-66(43-39-62)98-107-96(64-20-6-2-7-21-64)109-100(111-98)79-32-15-29-73(58-79)69-25-12-27-71(54-69)75-46-49-81-78(57-75)48-53-90-91(81)94-102(114-90)106-92-82(35-17-36-86(92)104-94)77-31-14-24-68(56-77)63-40-44-67(45-41-63)99-108-97(65-22-8-3-9-23-65)110-101(112-99)80-33-16-30-74(59-80)70-26-13-28-72(55-70)76-47-51-85-88(60-76)105-93-87(103-85)52-50-84-83-34-10-11-37-89(83)113-95(84)93/h1-60H. The van der Waals surface area contributed by atoms with Gasteiger partial charge >= 0.3 is 0 Å². The van der Waals surface area contributed by atoms with Crippen molar-refractivity contribution in [3.63, 3.8) is 0 Å². The summed E-state index contributed by atoms with van der Waals surface area (Å²) in [5.41, 5.74) is 28.3. The van der Waals surface area contributed by atoms with Gasteiger partial charge in [-0.1, -0.05) is 285 Å². The first-order chi connectivity index (χ1) is 56.4. The van der Waals surface area contributed by atoms with E-state index >= 15 is 0 Å². The zero-order valence-electron chi connectivity index (χ0n) is 60.9. The van der Waals surface area contributed by atoms with Crippen molar-refractivity contribution in [1.82, 2.24) is 49.8 Å². The Morgan fingerprint density at radius 3 is 1.15 bits per heavy atom. The molecule has 16 aromatic carbocycles. The van der Waals surface area contributed by atoms with E-state index in [1.54, 1.807) is 0 Å². The zero-order valence-corrected chi connectivity index (χ0v) is 60.9. The van der Waals surface area contributed by atoms with Crippen LogP contribution < -0.4 is 0 Å². The molecule has 0 unspecified atom stereocenters. The molecule has 0 amide bonds. The van der Waals surface area contributed by atoms with Crippen LogP contribution in [0.15, 0.2) is 373 Å². The summed E-state index contributed by atoms with van der Waals surface area (Å²) in [6, 6.07) is 126. The van der Waals surface area contributed by atoms with Crippen LogP contribution >= 0.6 is 0 Å². The molecule has 0 saturated carbocycles. The predicted octanol–water partition coefficient (Wildman–Crippen LogP) is 25.7. The van der Waals surface area contributed by atoms with Crippen LogP contribution in [0.2, 0.25) is 0 Å². The first-order valence-electron chi connectivity index (χ1n) is 37.9. The molecule has 0 fully saturated rings. The van der Waals surface area contributed by atoms with Crippen molar-refractivity contribution in [2.75, 3.05) is 0 Å². The van der Waals surface area contributed by atoms with Gasteiger partial charge < -0.3 is 8.83 Å². The van der Waals surface area contributed by atoms with Crippen molar-refractivity contribution in [2.45, 2.75) is 0 Å². The van der Waals surface area contributed by atoms with Crippen LogP contribution in [-0.2, 0) is 0 Å². The molecule has 0 N–H and O–H groups in total. The average Bonchev–Trinajstić information content (AvgIpc) is 1.58. The number of benzene rings is 16. The lowest BCUT2D eigenvalue weighted by Gasteiger charge is -2.11. The van der Waals surface area contributed by atoms with E-state index in [0.29, 0.717) is 40.7 Å². The molecule has 0 aliphatic heterocycles. The summed E-state index contributed by atoms with van der Waals surface area (Å²) in [7, 11) is 0. The van der Waals surface area contributed by atoms with Crippen LogP contribution in [0, 0.1) is 0 Å². The van der Waals surface area contributed by atoms with Crippen molar-refractivity contribution in [3.8, 4) is 146 Å². The molecular weight excluding hydrogens is 1400 g/mol. The van der Waals surface area contributed by atoms with Gasteiger partial charge in [0, 0.05) is 49.7 Å². The number of nitrogens with zero attached hydrogens (tertiary/aromatic N) is 10. The van der Waals surface area contributed by atoms with Gasteiger partial charge in [0.1, 0.15) is 27.7 Å². The molecule has 6 heterocycles. The van der Waals surface area contributed by atoms with E-state index in [0.717, 1.165) is 194 Å². The van der Waals surface area contributed by atoms with Gasteiger partial charge in [-0.3, -0.25) is 0 Å². The molecule has 0 bridgehead atoms. The number of hydrogen-bond donors (Lipinski definition) is 0. The summed E-state index contributed by atoms with van der Waals surface area (Å²) >= 11 is 0. The number of para-hydroxylation sites is 2. The molecule has 0 aliphatic rings. The summed E-state index contributed by atoms with van der Waals surface area (Å²) in [5.74, 6) is 3.54. The molecule has 0 spiro atoms. The van der Waals surface area contributed by atoms with Gasteiger partial charge in [-0.15, -0.1) is 0 Å². The molecule has 0 aliphatic carbocycles. The lowest BCUT2D eigenvalue weighted by molar-refractivity contribution is 0.655. The predicted molar refractivity (Wildman–Crippen MR) is 460 cm³/mol. The third kappa shape index (κ3) is 11.9. The minimum Gasteiger partial charge on any atom is -0.454 e. The third-order valence-electron chi connectivity index (χ3n) is 21.6. The Morgan fingerprint density at radius 2 is 0.561 bits per heavy atom. The van der Waals surface area contributed by atoms with Crippen molar-refractivity contribution in [1.29, 1.82) is 0 Å². The molecule has 12 heteroatoms. The first-order valence-corrected chi connectivity index (χ1v) is 37.9. The average molecular weight is 1460 g/mol. The Balaban J connectivity index is 0.531. The molecule has 0 saturated heterocycles. The highest BCUT2D eigenvalue weighted by atomic mass is 16.3. The van der Waals surface area contributed by atoms with Crippen molar-refractivity contribution < 1.29 is 8.83 Å². The number of fused-ring (bicyclic) bond motifs is 12. The van der Waals surface area contributed by atoms with Crippen LogP contribution in [0.3, 0.4) is 0 Å². The van der Waals surface area contributed by atoms with E-state index in [1.807, 2.05) is 109 Å². The summed E-state index contributed by atoms with van der Waals surface area (Å²) in [6.07, 6.45) is 0.